The summed E-state index contributed by atoms with van der Waals surface area (Å²) in [6.45, 7) is 4.70. The molecule has 178 valence electrons. The number of carbonyl (C=O) groups excluding carboxylic acids is 1. The monoisotopic (exact) mass is 481 g/mol. The SMILES string of the molecule is COc1ccc(-c2c(C(=O)O)sc3c2NC(=O)C[C@H]3c2ccc(OCC(C)C)c(OC)c2)cc1. The molecule has 3 aromatic rings. The molecule has 0 spiro atoms. The van der Waals surface area contributed by atoms with Crippen LogP contribution in [0, 0.1) is 5.92 Å². The lowest BCUT2D eigenvalue weighted by atomic mass is 9.88. The van der Waals surface area contributed by atoms with Crippen LogP contribution in [0.25, 0.3) is 11.1 Å². The number of hydrogen-bond donors (Lipinski definition) is 2. The van der Waals surface area contributed by atoms with Crippen LogP contribution >= 0.6 is 11.3 Å². The van der Waals surface area contributed by atoms with E-state index < -0.39 is 5.97 Å². The third-order valence-electron chi connectivity index (χ3n) is 5.64. The highest BCUT2D eigenvalue weighted by Gasteiger charge is 2.34. The second-order valence-corrected chi connectivity index (χ2v) is 9.55. The van der Waals surface area contributed by atoms with Crippen molar-refractivity contribution in [2.45, 2.75) is 26.2 Å². The predicted octanol–water partition coefficient (Wildman–Crippen LogP) is 5.64. The number of ether oxygens (including phenoxy) is 3. The van der Waals surface area contributed by atoms with E-state index in [0.29, 0.717) is 46.6 Å². The molecular weight excluding hydrogens is 454 g/mol. The minimum atomic E-state index is -1.03. The number of methoxy groups -OCH3 is 2. The Balaban J connectivity index is 1.80. The number of carboxylic acid groups (broad SMARTS) is 1. The van der Waals surface area contributed by atoms with Gasteiger partial charge in [0.1, 0.15) is 10.6 Å². The fraction of sp³-hybridized carbons (Fsp3) is 0.308. The van der Waals surface area contributed by atoms with E-state index in [2.05, 4.69) is 19.2 Å². The molecule has 0 bridgehead atoms. The number of benzene rings is 2. The second-order valence-electron chi connectivity index (χ2n) is 8.50. The number of hydrogen-bond acceptors (Lipinski definition) is 6. The van der Waals surface area contributed by atoms with Crippen molar-refractivity contribution in [3.63, 3.8) is 0 Å². The van der Waals surface area contributed by atoms with E-state index in [1.165, 1.54) is 11.3 Å². The van der Waals surface area contributed by atoms with Crippen LogP contribution in [0.15, 0.2) is 42.5 Å². The lowest BCUT2D eigenvalue weighted by molar-refractivity contribution is -0.116. The molecule has 1 amide bonds. The molecule has 8 heteroatoms. The Bertz CT molecular complexity index is 1210. The minimum absolute atomic E-state index is 0.166. The number of amides is 1. The highest BCUT2D eigenvalue weighted by molar-refractivity contribution is 7.15. The van der Waals surface area contributed by atoms with Crippen molar-refractivity contribution in [3.05, 3.63) is 57.8 Å². The van der Waals surface area contributed by atoms with Crippen LogP contribution < -0.4 is 19.5 Å². The third-order valence-corrected chi connectivity index (χ3v) is 6.93. The summed E-state index contributed by atoms with van der Waals surface area (Å²) in [5.74, 6) is 0.749. The Morgan fingerprint density at radius 1 is 1.12 bits per heavy atom. The molecule has 2 aromatic carbocycles. The van der Waals surface area contributed by atoms with Crippen LogP contribution in [0.2, 0.25) is 0 Å². The van der Waals surface area contributed by atoms with E-state index in [9.17, 15) is 14.7 Å². The van der Waals surface area contributed by atoms with Crippen LogP contribution in [0.1, 0.15) is 46.3 Å². The van der Waals surface area contributed by atoms with Gasteiger partial charge in [0.2, 0.25) is 5.91 Å². The van der Waals surface area contributed by atoms with Gasteiger partial charge in [-0.2, -0.15) is 0 Å². The zero-order chi connectivity index (χ0) is 24.4. The standard InChI is InChI=1S/C26H27NO6S/c1-14(2)13-33-19-10-7-16(11-20(19)32-4)18-12-21(28)27-23-22(25(26(29)30)34-24(18)23)15-5-8-17(31-3)9-6-15/h5-11,14,18H,12-13H2,1-4H3,(H,27,28)(H,29,30)/t18-/m0/s1. The molecule has 0 fully saturated rings. The first kappa shape index (κ1) is 23.6. The van der Waals surface area contributed by atoms with E-state index in [1.54, 1.807) is 38.5 Å². The molecule has 0 radical (unpaired) electrons. The topological polar surface area (TPSA) is 94.1 Å². The van der Waals surface area contributed by atoms with E-state index in [1.807, 2.05) is 18.2 Å². The Morgan fingerprint density at radius 2 is 1.85 bits per heavy atom. The molecule has 0 aliphatic carbocycles. The van der Waals surface area contributed by atoms with Crippen molar-refractivity contribution < 1.29 is 28.9 Å². The highest BCUT2D eigenvalue weighted by Crippen LogP contribution is 2.50. The van der Waals surface area contributed by atoms with Crippen LogP contribution in [0.3, 0.4) is 0 Å². The maximum absolute atomic E-state index is 12.7. The first-order chi connectivity index (χ1) is 16.3. The number of aromatic carboxylic acids is 1. The molecule has 4 rings (SSSR count). The smallest absolute Gasteiger partial charge is 0.346 e. The van der Waals surface area contributed by atoms with Crippen molar-refractivity contribution in [3.8, 4) is 28.4 Å². The van der Waals surface area contributed by atoms with E-state index in [4.69, 9.17) is 14.2 Å². The minimum Gasteiger partial charge on any atom is -0.497 e. The molecule has 0 unspecified atom stereocenters. The average molecular weight is 482 g/mol. The first-order valence-electron chi connectivity index (χ1n) is 11.0. The van der Waals surface area contributed by atoms with Crippen molar-refractivity contribution in [1.82, 2.24) is 0 Å². The van der Waals surface area contributed by atoms with Gasteiger partial charge in [-0.1, -0.05) is 32.0 Å². The summed E-state index contributed by atoms with van der Waals surface area (Å²) in [4.78, 5) is 25.9. The van der Waals surface area contributed by atoms with Crippen molar-refractivity contribution in [2.75, 3.05) is 26.1 Å². The average Bonchev–Trinajstić information content (AvgIpc) is 3.21. The molecule has 1 atom stereocenters. The fourth-order valence-corrected chi connectivity index (χ4v) is 5.26. The lowest BCUT2D eigenvalue weighted by Crippen LogP contribution is -2.22. The van der Waals surface area contributed by atoms with Gasteiger partial charge >= 0.3 is 5.97 Å². The maximum atomic E-state index is 12.7. The largest absolute Gasteiger partial charge is 0.497 e. The molecule has 0 saturated carbocycles. The Labute approximate surface area is 202 Å². The van der Waals surface area contributed by atoms with Crippen LogP contribution in [0.4, 0.5) is 5.69 Å². The van der Waals surface area contributed by atoms with Crippen LogP contribution in [0.5, 0.6) is 17.2 Å². The highest BCUT2D eigenvalue weighted by atomic mass is 32.1. The Morgan fingerprint density at radius 3 is 2.47 bits per heavy atom. The summed E-state index contributed by atoms with van der Waals surface area (Å²) in [6, 6.07) is 12.8. The molecule has 2 heterocycles. The molecular formula is C26H27NO6S. The Hall–Kier alpha value is -3.52. The van der Waals surface area contributed by atoms with Crippen LogP contribution in [-0.2, 0) is 4.79 Å². The lowest BCUT2D eigenvalue weighted by Gasteiger charge is -2.24. The number of fused-ring (bicyclic) bond motifs is 1. The van der Waals surface area contributed by atoms with E-state index in [-0.39, 0.29) is 23.1 Å². The van der Waals surface area contributed by atoms with Gasteiger partial charge in [0, 0.05) is 22.8 Å². The maximum Gasteiger partial charge on any atom is 0.346 e. The predicted molar refractivity (Wildman–Crippen MR) is 132 cm³/mol. The normalized spacial score (nSPS) is 15.0. The van der Waals surface area contributed by atoms with Gasteiger partial charge in [-0.3, -0.25) is 4.79 Å². The Kier molecular flexibility index (Phi) is 6.79. The molecule has 1 aliphatic rings. The summed E-state index contributed by atoms with van der Waals surface area (Å²) in [5.41, 5.74) is 2.63. The van der Waals surface area contributed by atoms with Gasteiger partial charge < -0.3 is 24.6 Å². The van der Waals surface area contributed by atoms with Gasteiger partial charge in [0.25, 0.3) is 0 Å². The van der Waals surface area contributed by atoms with Gasteiger partial charge in [-0.15, -0.1) is 11.3 Å². The molecule has 1 aliphatic heterocycles. The number of nitrogens with one attached hydrogen (secondary N) is 1. The summed E-state index contributed by atoms with van der Waals surface area (Å²) >= 11 is 1.19. The summed E-state index contributed by atoms with van der Waals surface area (Å²) in [5, 5.41) is 12.9. The molecule has 0 saturated heterocycles. The van der Waals surface area contributed by atoms with Gasteiger partial charge in [0.15, 0.2) is 11.5 Å². The number of carbonyl (C=O) groups is 2. The molecule has 34 heavy (non-hydrogen) atoms. The number of anilines is 1. The third kappa shape index (κ3) is 4.59. The number of rotatable bonds is 8. The zero-order valence-corrected chi connectivity index (χ0v) is 20.3. The van der Waals surface area contributed by atoms with Gasteiger partial charge in [-0.25, -0.2) is 4.79 Å². The number of carboxylic acids is 1. The van der Waals surface area contributed by atoms with Crippen molar-refractivity contribution in [2.24, 2.45) is 5.92 Å². The molecule has 7 nitrogen and oxygen atoms in total. The summed E-state index contributed by atoms with van der Waals surface area (Å²) < 4.78 is 16.6. The van der Waals surface area contributed by atoms with Crippen LogP contribution in [-0.4, -0.2) is 37.8 Å². The van der Waals surface area contributed by atoms with Gasteiger partial charge in [-0.05, 0) is 41.3 Å². The van der Waals surface area contributed by atoms with E-state index in [0.717, 1.165) is 10.4 Å². The fourth-order valence-electron chi connectivity index (χ4n) is 4.02. The first-order valence-corrected chi connectivity index (χ1v) is 11.8. The van der Waals surface area contributed by atoms with E-state index >= 15 is 0 Å². The number of thiophene rings is 1. The summed E-state index contributed by atoms with van der Waals surface area (Å²) in [7, 11) is 3.15. The zero-order valence-electron chi connectivity index (χ0n) is 19.5. The second kappa shape index (κ2) is 9.77. The summed E-state index contributed by atoms with van der Waals surface area (Å²) in [6.07, 6.45) is 0.212. The molecule has 1 aromatic heterocycles. The quantitative estimate of drug-likeness (QED) is 0.432. The van der Waals surface area contributed by atoms with Crippen molar-refractivity contribution in [1.29, 1.82) is 0 Å². The van der Waals surface area contributed by atoms with Crippen molar-refractivity contribution >= 4 is 28.9 Å². The van der Waals surface area contributed by atoms with Gasteiger partial charge in [0.05, 0.1) is 26.5 Å². The molecule has 2 N–H and O–H groups in total.